The first-order valence-corrected chi connectivity index (χ1v) is 18.4. The third-order valence-electron chi connectivity index (χ3n) is 7.49. The van der Waals surface area contributed by atoms with Crippen molar-refractivity contribution < 1.29 is 37.3 Å². The smallest absolute Gasteiger partial charge is 0.343 e. The number of carbonyl (C=O) groups is 2. The number of benzene rings is 3. The molecular formula is C36H49N3O8S. The summed E-state index contributed by atoms with van der Waals surface area (Å²) in [6.07, 6.45) is 6.64. The minimum atomic E-state index is -3.46. The molecule has 0 radical (unpaired) electrons. The van der Waals surface area contributed by atoms with Crippen molar-refractivity contribution in [3.05, 3.63) is 83.4 Å². The predicted molar refractivity (Wildman–Crippen MR) is 188 cm³/mol. The molecular weight excluding hydrogens is 634 g/mol. The quantitative estimate of drug-likeness (QED) is 0.0530. The number of nitrogens with zero attached hydrogens (tertiary/aromatic N) is 1. The lowest BCUT2D eigenvalue weighted by Gasteiger charge is -2.20. The van der Waals surface area contributed by atoms with Crippen LogP contribution in [0.2, 0.25) is 0 Å². The van der Waals surface area contributed by atoms with Crippen molar-refractivity contribution in [3.8, 4) is 17.2 Å². The van der Waals surface area contributed by atoms with E-state index in [1.165, 1.54) is 6.07 Å². The maximum Gasteiger partial charge on any atom is 0.343 e. The van der Waals surface area contributed by atoms with Gasteiger partial charge in [0.15, 0.2) is 0 Å². The molecule has 11 nitrogen and oxygen atoms in total. The van der Waals surface area contributed by atoms with Gasteiger partial charge in [-0.25, -0.2) is 13.2 Å². The van der Waals surface area contributed by atoms with Crippen LogP contribution in [-0.2, 0) is 21.2 Å². The Labute approximate surface area is 284 Å². The van der Waals surface area contributed by atoms with Gasteiger partial charge in [0, 0.05) is 38.8 Å². The SMILES string of the molecule is CCN(CC)C(=O)c1ccc(OCCCOCCCCCCNCCc2ccc(O)c(NS(C)(=O)=O)c2)cc1OC(=O)c1ccccc1. The normalized spacial score (nSPS) is 11.2. The molecule has 0 atom stereocenters. The summed E-state index contributed by atoms with van der Waals surface area (Å²) in [4.78, 5) is 27.5. The molecule has 3 aromatic rings. The van der Waals surface area contributed by atoms with Gasteiger partial charge in [-0.05, 0) is 88.2 Å². The molecule has 3 aromatic carbocycles. The fourth-order valence-electron chi connectivity index (χ4n) is 4.91. The minimum absolute atomic E-state index is 0.0970. The number of anilines is 1. The van der Waals surface area contributed by atoms with Crippen molar-refractivity contribution in [2.75, 3.05) is 57.0 Å². The standard InChI is InChI=1S/C36H49N3O8S/c1-4-39(5-2)35(41)31-18-17-30(27-34(31)47-36(42)29-14-9-8-10-15-29)46-25-13-24-45-23-12-7-6-11-21-37-22-20-28-16-19-33(40)32(26-28)38-48(3,43)44/h8-10,14-19,26-27,37-38,40H,4-7,11-13,20-25H2,1-3H3. The molecule has 0 aliphatic heterocycles. The lowest BCUT2D eigenvalue weighted by molar-refractivity contribution is 0.0720. The monoisotopic (exact) mass is 683 g/mol. The van der Waals surface area contributed by atoms with Crippen molar-refractivity contribution in [2.45, 2.75) is 52.4 Å². The molecule has 12 heteroatoms. The Morgan fingerprint density at radius 3 is 2.29 bits per heavy atom. The van der Waals surface area contributed by atoms with Gasteiger partial charge in [-0.15, -0.1) is 0 Å². The van der Waals surface area contributed by atoms with Crippen molar-refractivity contribution in [2.24, 2.45) is 0 Å². The Hall–Kier alpha value is -4.13. The van der Waals surface area contributed by atoms with Gasteiger partial charge in [0.25, 0.3) is 5.91 Å². The Bertz CT molecular complexity index is 1550. The fourth-order valence-corrected chi connectivity index (χ4v) is 5.47. The second-order valence-corrected chi connectivity index (χ2v) is 13.1. The van der Waals surface area contributed by atoms with Crippen LogP contribution in [0, 0.1) is 0 Å². The number of aromatic hydroxyl groups is 1. The summed E-state index contributed by atoms with van der Waals surface area (Å²) >= 11 is 0. The molecule has 0 spiro atoms. The first kappa shape index (κ1) is 38.3. The highest BCUT2D eigenvalue weighted by Gasteiger charge is 2.21. The summed E-state index contributed by atoms with van der Waals surface area (Å²) in [5, 5.41) is 13.3. The molecule has 262 valence electrons. The van der Waals surface area contributed by atoms with Gasteiger partial charge in [-0.2, -0.15) is 0 Å². The highest BCUT2D eigenvalue weighted by atomic mass is 32.2. The van der Waals surface area contributed by atoms with Gasteiger partial charge in [-0.3, -0.25) is 9.52 Å². The number of ether oxygens (including phenoxy) is 3. The van der Waals surface area contributed by atoms with E-state index in [0.29, 0.717) is 56.2 Å². The van der Waals surface area contributed by atoms with E-state index in [1.54, 1.807) is 59.5 Å². The van der Waals surface area contributed by atoms with Crippen molar-refractivity contribution in [3.63, 3.8) is 0 Å². The van der Waals surface area contributed by atoms with Crippen LogP contribution >= 0.6 is 0 Å². The zero-order valence-electron chi connectivity index (χ0n) is 28.2. The summed E-state index contributed by atoms with van der Waals surface area (Å²) < 4.78 is 42.6. The first-order chi connectivity index (χ1) is 23.1. The van der Waals surface area contributed by atoms with E-state index < -0.39 is 16.0 Å². The number of rotatable bonds is 22. The van der Waals surface area contributed by atoms with Gasteiger partial charge in [0.2, 0.25) is 10.0 Å². The topological polar surface area (TPSA) is 144 Å². The molecule has 0 aromatic heterocycles. The molecule has 0 fully saturated rings. The number of esters is 1. The first-order valence-electron chi connectivity index (χ1n) is 16.5. The second-order valence-electron chi connectivity index (χ2n) is 11.3. The zero-order chi connectivity index (χ0) is 34.8. The minimum Gasteiger partial charge on any atom is -0.506 e. The highest BCUT2D eigenvalue weighted by Crippen LogP contribution is 2.28. The van der Waals surface area contributed by atoms with Gasteiger partial charge >= 0.3 is 5.97 Å². The average Bonchev–Trinajstić information content (AvgIpc) is 3.06. The van der Waals surface area contributed by atoms with Crippen molar-refractivity contribution in [1.29, 1.82) is 0 Å². The van der Waals surface area contributed by atoms with E-state index in [1.807, 2.05) is 19.9 Å². The van der Waals surface area contributed by atoms with Crippen molar-refractivity contribution >= 4 is 27.6 Å². The van der Waals surface area contributed by atoms with Gasteiger partial charge < -0.3 is 29.5 Å². The zero-order valence-corrected chi connectivity index (χ0v) is 29.0. The molecule has 0 aliphatic carbocycles. The number of carbonyl (C=O) groups excluding carboxylic acids is 2. The number of sulfonamides is 1. The fraction of sp³-hybridized carbons (Fsp3) is 0.444. The Balaban J connectivity index is 1.29. The molecule has 0 aliphatic rings. The molecule has 1 amide bonds. The van der Waals surface area contributed by atoms with E-state index in [0.717, 1.165) is 57.0 Å². The molecule has 3 rings (SSSR count). The van der Waals surface area contributed by atoms with E-state index >= 15 is 0 Å². The van der Waals surface area contributed by atoms with Gasteiger partial charge in [0.05, 0.1) is 29.7 Å². The number of hydrogen-bond donors (Lipinski definition) is 3. The summed E-state index contributed by atoms with van der Waals surface area (Å²) in [5.74, 6) is -0.176. The van der Waals surface area contributed by atoms with Crippen LogP contribution in [0.4, 0.5) is 5.69 Å². The van der Waals surface area contributed by atoms with E-state index in [4.69, 9.17) is 14.2 Å². The van der Waals surface area contributed by atoms with Crippen LogP contribution < -0.4 is 19.5 Å². The molecule has 0 bridgehead atoms. The number of hydrogen-bond acceptors (Lipinski definition) is 9. The van der Waals surface area contributed by atoms with Crippen LogP contribution in [0.5, 0.6) is 17.2 Å². The Kier molecular flexibility index (Phi) is 16.2. The number of amides is 1. The number of nitrogens with one attached hydrogen (secondary N) is 2. The summed E-state index contributed by atoms with van der Waals surface area (Å²) in [6, 6.07) is 18.5. The highest BCUT2D eigenvalue weighted by molar-refractivity contribution is 7.92. The second kappa shape index (κ2) is 20.3. The van der Waals surface area contributed by atoms with Crippen LogP contribution in [0.1, 0.15) is 72.2 Å². The summed E-state index contributed by atoms with van der Waals surface area (Å²) in [7, 11) is -3.46. The van der Waals surface area contributed by atoms with Crippen LogP contribution in [-0.4, -0.2) is 82.6 Å². The molecule has 0 saturated heterocycles. The van der Waals surface area contributed by atoms with E-state index in [9.17, 15) is 23.1 Å². The number of phenolic OH excluding ortho intramolecular Hbond substituents is 1. The van der Waals surface area contributed by atoms with Crippen LogP contribution in [0.15, 0.2) is 66.7 Å². The third kappa shape index (κ3) is 13.5. The van der Waals surface area contributed by atoms with Gasteiger partial charge in [0.1, 0.15) is 17.2 Å². The molecule has 0 unspecified atom stereocenters. The lowest BCUT2D eigenvalue weighted by atomic mass is 10.1. The van der Waals surface area contributed by atoms with Crippen LogP contribution in [0.3, 0.4) is 0 Å². The molecule has 48 heavy (non-hydrogen) atoms. The van der Waals surface area contributed by atoms with Crippen molar-refractivity contribution in [1.82, 2.24) is 10.2 Å². The number of phenols is 1. The maximum atomic E-state index is 13.1. The largest absolute Gasteiger partial charge is 0.506 e. The molecule has 3 N–H and O–H groups in total. The van der Waals surface area contributed by atoms with Crippen LogP contribution in [0.25, 0.3) is 0 Å². The lowest BCUT2D eigenvalue weighted by Crippen LogP contribution is -2.31. The average molecular weight is 684 g/mol. The Morgan fingerprint density at radius 2 is 1.56 bits per heavy atom. The Morgan fingerprint density at radius 1 is 0.833 bits per heavy atom. The summed E-state index contributed by atoms with van der Waals surface area (Å²) in [5.41, 5.74) is 1.83. The number of unbranched alkanes of at least 4 members (excludes halogenated alkanes) is 3. The summed E-state index contributed by atoms with van der Waals surface area (Å²) in [6.45, 7) is 8.20. The van der Waals surface area contributed by atoms with Gasteiger partial charge in [-0.1, -0.05) is 37.1 Å². The maximum absolute atomic E-state index is 13.1. The van der Waals surface area contributed by atoms with E-state index in [-0.39, 0.29) is 23.1 Å². The molecule has 0 saturated carbocycles. The predicted octanol–water partition coefficient (Wildman–Crippen LogP) is 5.64. The third-order valence-corrected chi connectivity index (χ3v) is 8.08. The van der Waals surface area contributed by atoms with E-state index in [2.05, 4.69) is 10.0 Å². The molecule has 0 heterocycles.